The quantitative estimate of drug-likeness (QED) is 0.740. The molecule has 0 amide bonds. The molecule has 0 aliphatic carbocycles. The maximum atomic E-state index is 8.89. The van der Waals surface area contributed by atoms with E-state index in [0.29, 0.717) is 22.9 Å². The lowest BCUT2D eigenvalue weighted by molar-refractivity contribution is 0.281. The lowest BCUT2D eigenvalue weighted by Gasteiger charge is -2.11. The normalized spacial score (nSPS) is 10.2. The van der Waals surface area contributed by atoms with Crippen LogP contribution >= 0.6 is 11.6 Å². The molecular weight excluding hydrogens is 224 g/mol. The summed E-state index contributed by atoms with van der Waals surface area (Å²) in [6, 6.07) is 7.14. The van der Waals surface area contributed by atoms with Crippen LogP contribution in [0.3, 0.4) is 0 Å². The Balaban J connectivity index is 2.51. The number of hydrogen-bond donors (Lipinski definition) is 0. The molecule has 1 aromatic carbocycles. The second kappa shape index (κ2) is 6.37. The minimum absolute atomic E-state index is 0.484. The highest BCUT2D eigenvalue weighted by Gasteiger charge is 2.03. The third-order valence-corrected chi connectivity index (χ3v) is 2.30. The van der Waals surface area contributed by atoms with Gasteiger partial charge in [0, 0.05) is 11.6 Å². The topological polar surface area (TPSA) is 36.3 Å². The highest BCUT2D eigenvalue weighted by atomic mass is 35.5. The molecule has 16 heavy (non-hydrogen) atoms. The van der Waals surface area contributed by atoms with E-state index in [1.165, 1.54) is 0 Å². The maximum Gasteiger partial charge on any atom is 0.137 e. The number of rotatable bonds is 5. The van der Waals surface area contributed by atoms with Gasteiger partial charge < -0.3 is 9.64 Å². The van der Waals surface area contributed by atoms with Gasteiger partial charge in [-0.25, -0.2) is 0 Å². The second-order valence-corrected chi connectivity index (χ2v) is 4.19. The molecule has 1 rings (SSSR count). The first-order chi connectivity index (χ1) is 7.63. The fraction of sp³-hybridized carbons (Fsp3) is 0.417. The maximum absolute atomic E-state index is 8.89. The first-order valence-corrected chi connectivity index (χ1v) is 5.48. The van der Waals surface area contributed by atoms with Crippen molar-refractivity contribution in [1.82, 2.24) is 4.90 Å². The molecule has 4 heteroatoms. The van der Waals surface area contributed by atoms with Gasteiger partial charge >= 0.3 is 0 Å². The Hall–Kier alpha value is -1.24. The zero-order valence-corrected chi connectivity index (χ0v) is 10.3. The smallest absolute Gasteiger partial charge is 0.137 e. The standard InChI is InChI=1S/C12H15ClN2O/c1-15(2)6-3-7-16-12-5-4-11(13)8-10(12)9-14/h4-5,8H,3,6-7H2,1-2H3. The van der Waals surface area contributed by atoms with Gasteiger partial charge in [0.25, 0.3) is 0 Å². The minimum atomic E-state index is 0.484. The van der Waals surface area contributed by atoms with Gasteiger partial charge in [-0.05, 0) is 38.7 Å². The Labute approximate surface area is 101 Å². The van der Waals surface area contributed by atoms with Crippen molar-refractivity contribution in [2.75, 3.05) is 27.2 Å². The van der Waals surface area contributed by atoms with Gasteiger partial charge in [0.05, 0.1) is 12.2 Å². The predicted octanol–water partition coefficient (Wildman–Crippen LogP) is 2.54. The second-order valence-electron chi connectivity index (χ2n) is 3.76. The van der Waals surface area contributed by atoms with E-state index in [-0.39, 0.29) is 0 Å². The predicted molar refractivity (Wildman–Crippen MR) is 64.8 cm³/mol. The highest BCUT2D eigenvalue weighted by Crippen LogP contribution is 2.21. The van der Waals surface area contributed by atoms with Crippen molar-refractivity contribution in [2.24, 2.45) is 0 Å². The van der Waals surface area contributed by atoms with E-state index in [2.05, 4.69) is 11.0 Å². The molecule has 0 aliphatic heterocycles. The molecule has 0 radical (unpaired) electrons. The first-order valence-electron chi connectivity index (χ1n) is 5.10. The molecule has 0 aliphatic rings. The van der Waals surface area contributed by atoms with Crippen LogP contribution in [0.5, 0.6) is 5.75 Å². The summed E-state index contributed by atoms with van der Waals surface area (Å²) < 4.78 is 5.53. The first kappa shape index (κ1) is 12.8. The van der Waals surface area contributed by atoms with E-state index in [1.807, 2.05) is 14.1 Å². The highest BCUT2D eigenvalue weighted by molar-refractivity contribution is 6.30. The van der Waals surface area contributed by atoms with Gasteiger partial charge in [-0.2, -0.15) is 5.26 Å². The molecule has 0 atom stereocenters. The Morgan fingerprint density at radius 1 is 1.44 bits per heavy atom. The van der Waals surface area contributed by atoms with Gasteiger partial charge in [0.1, 0.15) is 11.8 Å². The molecule has 0 saturated heterocycles. The van der Waals surface area contributed by atoms with Crippen molar-refractivity contribution >= 4 is 11.6 Å². The van der Waals surface area contributed by atoms with Crippen LogP contribution in [-0.2, 0) is 0 Å². The summed E-state index contributed by atoms with van der Waals surface area (Å²) in [6.07, 6.45) is 0.931. The third-order valence-electron chi connectivity index (χ3n) is 2.07. The lowest BCUT2D eigenvalue weighted by atomic mass is 10.2. The van der Waals surface area contributed by atoms with Gasteiger partial charge in [0.15, 0.2) is 0 Å². The summed E-state index contributed by atoms with van der Waals surface area (Å²) in [5, 5.41) is 9.44. The van der Waals surface area contributed by atoms with E-state index in [1.54, 1.807) is 18.2 Å². The van der Waals surface area contributed by atoms with Crippen LogP contribution in [0, 0.1) is 11.3 Å². The van der Waals surface area contributed by atoms with Crippen molar-refractivity contribution in [3.8, 4) is 11.8 Å². The molecule has 0 fully saturated rings. The largest absolute Gasteiger partial charge is 0.492 e. The number of nitriles is 1. The number of ether oxygens (including phenoxy) is 1. The van der Waals surface area contributed by atoms with Crippen LogP contribution in [0.4, 0.5) is 0 Å². The SMILES string of the molecule is CN(C)CCCOc1ccc(Cl)cc1C#N. The Kier molecular flexibility index (Phi) is 5.10. The van der Waals surface area contributed by atoms with Crippen molar-refractivity contribution in [3.63, 3.8) is 0 Å². The van der Waals surface area contributed by atoms with E-state index in [4.69, 9.17) is 21.6 Å². The monoisotopic (exact) mass is 238 g/mol. The molecule has 3 nitrogen and oxygen atoms in total. The Bertz CT molecular complexity index is 385. The van der Waals surface area contributed by atoms with Gasteiger partial charge in [-0.3, -0.25) is 0 Å². The van der Waals surface area contributed by atoms with Gasteiger partial charge in [0.2, 0.25) is 0 Å². The van der Waals surface area contributed by atoms with Gasteiger partial charge in [-0.15, -0.1) is 0 Å². The number of nitrogens with zero attached hydrogens (tertiary/aromatic N) is 2. The summed E-state index contributed by atoms with van der Waals surface area (Å²) in [5.41, 5.74) is 0.484. The number of hydrogen-bond acceptors (Lipinski definition) is 3. The molecule has 0 heterocycles. The molecule has 0 N–H and O–H groups in total. The summed E-state index contributed by atoms with van der Waals surface area (Å²) in [4.78, 5) is 2.09. The number of halogens is 1. The van der Waals surface area contributed by atoms with Gasteiger partial charge in [-0.1, -0.05) is 11.6 Å². The Morgan fingerprint density at radius 3 is 2.81 bits per heavy atom. The van der Waals surface area contributed by atoms with Crippen LogP contribution in [-0.4, -0.2) is 32.1 Å². The molecule has 86 valence electrons. The molecule has 0 bridgehead atoms. The molecule has 0 spiro atoms. The third kappa shape index (κ3) is 4.09. The van der Waals surface area contributed by atoms with Crippen molar-refractivity contribution in [3.05, 3.63) is 28.8 Å². The Morgan fingerprint density at radius 2 is 2.19 bits per heavy atom. The number of benzene rings is 1. The minimum Gasteiger partial charge on any atom is -0.492 e. The summed E-state index contributed by atoms with van der Waals surface area (Å²) in [7, 11) is 4.03. The van der Waals surface area contributed by atoms with Crippen LogP contribution in [0.25, 0.3) is 0 Å². The lowest BCUT2D eigenvalue weighted by Crippen LogP contribution is -2.15. The van der Waals surface area contributed by atoms with E-state index in [0.717, 1.165) is 13.0 Å². The van der Waals surface area contributed by atoms with Crippen LogP contribution in [0.15, 0.2) is 18.2 Å². The fourth-order valence-corrected chi connectivity index (χ4v) is 1.45. The molecular formula is C12H15ClN2O. The van der Waals surface area contributed by atoms with Crippen LogP contribution in [0.2, 0.25) is 5.02 Å². The zero-order valence-electron chi connectivity index (χ0n) is 9.53. The average Bonchev–Trinajstić information content (AvgIpc) is 2.25. The molecule has 0 unspecified atom stereocenters. The summed E-state index contributed by atoms with van der Waals surface area (Å²) in [6.45, 7) is 1.57. The van der Waals surface area contributed by atoms with E-state index < -0.39 is 0 Å². The van der Waals surface area contributed by atoms with Crippen molar-refractivity contribution in [2.45, 2.75) is 6.42 Å². The average molecular weight is 239 g/mol. The summed E-state index contributed by atoms with van der Waals surface area (Å²) in [5.74, 6) is 0.602. The van der Waals surface area contributed by atoms with Crippen molar-refractivity contribution in [1.29, 1.82) is 5.26 Å². The molecule has 1 aromatic rings. The molecule has 0 saturated carbocycles. The van der Waals surface area contributed by atoms with Crippen molar-refractivity contribution < 1.29 is 4.74 Å². The van der Waals surface area contributed by atoms with Crippen LogP contribution in [0.1, 0.15) is 12.0 Å². The fourth-order valence-electron chi connectivity index (χ4n) is 1.28. The summed E-state index contributed by atoms with van der Waals surface area (Å²) >= 11 is 5.79. The van der Waals surface area contributed by atoms with E-state index >= 15 is 0 Å². The zero-order chi connectivity index (χ0) is 12.0. The molecule has 0 aromatic heterocycles. The van der Waals surface area contributed by atoms with E-state index in [9.17, 15) is 0 Å². The van der Waals surface area contributed by atoms with Crippen LogP contribution < -0.4 is 4.74 Å².